The van der Waals surface area contributed by atoms with Gasteiger partial charge in [0.25, 0.3) is 0 Å². The summed E-state index contributed by atoms with van der Waals surface area (Å²) in [6.45, 7) is 20.2. The van der Waals surface area contributed by atoms with Gasteiger partial charge in [0.2, 0.25) is 11.8 Å². The quantitative estimate of drug-likeness (QED) is 0.164. The highest BCUT2D eigenvalue weighted by Crippen LogP contribution is 2.26. The van der Waals surface area contributed by atoms with Crippen molar-refractivity contribution in [1.82, 2.24) is 5.32 Å². The molecular formula is C26H60N2O8Si2. The van der Waals surface area contributed by atoms with E-state index < -0.39 is 17.6 Å². The van der Waals surface area contributed by atoms with Crippen LogP contribution in [0.3, 0.4) is 0 Å². The molecule has 2 amide bonds. The van der Waals surface area contributed by atoms with E-state index in [-0.39, 0.29) is 23.7 Å². The molecule has 3 N–H and O–H groups in total. The van der Waals surface area contributed by atoms with Gasteiger partial charge >= 0.3 is 17.6 Å². The normalized spacial score (nSPS) is 13.8. The zero-order valence-electron chi connectivity index (χ0n) is 26.4. The molecule has 0 saturated carbocycles. The van der Waals surface area contributed by atoms with Gasteiger partial charge in [0.1, 0.15) is 0 Å². The monoisotopic (exact) mass is 584 g/mol. The van der Waals surface area contributed by atoms with Crippen LogP contribution in [0.1, 0.15) is 88.0 Å². The fourth-order valence-corrected chi connectivity index (χ4v) is 8.00. The molecule has 0 aromatic carbocycles. The van der Waals surface area contributed by atoms with Crippen LogP contribution in [0.2, 0.25) is 11.6 Å². The van der Waals surface area contributed by atoms with Crippen LogP contribution in [0.25, 0.3) is 0 Å². The molecule has 0 aromatic rings. The van der Waals surface area contributed by atoms with Gasteiger partial charge in [0.15, 0.2) is 0 Å². The summed E-state index contributed by atoms with van der Waals surface area (Å²) in [6, 6.07) is 0.739. The Morgan fingerprint density at radius 3 is 1.39 bits per heavy atom. The van der Waals surface area contributed by atoms with Crippen molar-refractivity contribution in [3.63, 3.8) is 0 Å². The summed E-state index contributed by atoms with van der Waals surface area (Å²) in [4.78, 5) is 21.8. The van der Waals surface area contributed by atoms with Crippen LogP contribution < -0.4 is 11.1 Å². The van der Waals surface area contributed by atoms with Crippen molar-refractivity contribution in [1.29, 1.82) is 0 Å². The second kappa shape index (κ2) is 25.1. The van der Waals surface area contributed by atoms with E-state index in [0.717, 1.165) is 31.7 Å². The summed E-state index contributed by atoms with van der Waals surface area (Å²) in [5, 5.41) is 2.95. The number of rotatable bonds is 19. The maximum Gasteiger partial charge on any atom is 0.503 e. The minimum Gasteiger partial charge on any atom is -0.377 e. The average Bonchev–Trinajstić information content (AvgIpc) is 2.92. The maximum atomic E-state index is 11.7. The predicted molar refractivity (Wildman–Crippen MR) is 158 cm³/mol. The van der Waals surface area contributed by atoms with E-state index in [1.807, 2.05) is 48.5 Å². The molecule has 0 aliphatic carbocycles. The Hall–Kier alpha value is -0.866. The number of nitrogens with two attached hydrogens (primary N) is 1. The lowest BCUT2D eigenvalue weighted by atomic mass is 10.1. The number of carbonyl (C=O) groups excluding carboxylic acids is 2. The summed E-state index contributed by atoms with van der Waals surface area (Å²) in [7, 11) is 0.0576. The standard InChI is InChI=1S/C14H31NO4Si.C7H18O3Si.C5H11NO/c1-6-13(5)14(16)15-11-10-12-20(17-7-2,18-8-3)19-9-4;1-6-7(2)11(8-3,9-4)10-5;1-3-4(2)5(6)7/h13H,6-12H2,1-5H3,(H,15,16);7H,6H2,1-5H3;4H,3H2,1-2H3,(H2,6,7). The molecule has 0 aliphatic rings. The third kappa shape index (κ3) is 17.7. The minimum atomic E-state index is -2.55. The molecule has 230 valence electrons. The lowest BCUT2D eigenvalue weighted by molar-refractivity contribution is -0.124. The van der Waals surface area contributed by atoms with Gasteiger partial charge in [-0.15, -0.1) is 0 Å². The Morgan fingerprint density at radius 2 is 1.16 bits per heavy atom. The first-order valence-electron chi connectivity index (χ1n) is 14.0. The first-order chi connectivity index (χ1) is 17.9. The SMILES string of the molecule is CCC(C)C(N)=O.CCC(C)[Si](OC)(OC)OC.CCO[Si](CCCNC(=O)C(C)CC)(OCC)OCC. The number of amides is 2. The number of hydrogen-bond donors (Lipinski definition) is 2. The molecule has 0 spiro atoms. The average molecular weight is 585 g/mol. The zero-order chi connectivity index (χ0) is 30.2. The summed E-state index contributed by atoms with van der Waals surface area (Å²) >= 11 is 0. The Kier molecular flexibility index (Phi) is 27.5. The summed E-state index contributed by atoms with van der Waals surface area (Å²) in [5.41, 5.74) is 5.27. The van der Waals surface area contributed by atoms with Gasteiger partial charge in [-0.05, 0) is 46.5 Å². The van der Waals surface area contributed by atoms with E-state index in [2.05, 4.69) is 19.2 Å². The van der Waals surface area contributed by atoms with Gasteiger partial charge in [-0.2, -0.15) is 0 Å². The Morgan fingerprint density at radius 1 is 0.737 bits per heavy atom. The molecule has 10 nitrogen and oxygen atoms in total. The van der Waals surface area contributed by atoms with Crippen LogP contribution in [-0.2, 0) is 36.1 Å². The van der Waals surface area contributed by atoms with Crippen LogP contribution >= 0.6 is 0 Å². The van der Waals surface area contributed by atoms with E-state index in [1.165, 1.54) is 0 Å². The van der Waals surface area contributed by atoms with Crippen molar-refractivity contribution >= 4 is 29.4 Å². The van der Waals surface area contributed by atoms with E-state index in [0.29, 0.717) is 31.9 Å². The van der Waals surface area contributed by atoms with E-state index in [9.17, 15) is 9.59 Å². The molecule has 0 bridgehead atoms. The molecule has 0 rings (SSSR count). The van der Waals surface area contributed by atoms with Gasteiger partial charge in [-0.3, -0.25) is 9.59 Å². The van der Waals surface area contributed by atoms with Crippen molar-refractivity contribution in [3.05, 3.63) is 0 Å². The van der Waals surface area contributed by atoms with Crippen LogP contribution in [0.4, 0.5) is 0 Å². The van der Waals surface area contributed by atoms with Crippen LogP contribution in [0, 0.1) is 11.8 Å². The van der Waals surface area contributed by atoms with Gasteiger partial charge in [0.05, 0.1) is 0 Å². The highest BCUT2D eigenvalue weighted by molar-refractivity contribution is 6.62. The van der Waals surface area contributed by atoms with Gasteiger partial charge < -0.3 is 37.6 Å². The lowest BCUT2D eigenvalue weighted by Gasteiger charge is -2.29. The fourth-order valence-electron chi connectivity index (χ4n) is 3.18. The Bertz CT molecular complexity index is 558. The van der Waals surface area contributed by atoms with Crippen molar-refractivity contribution in [2.75, 3.05) is 47.7 Å². The molecule has 0 heterocycles. The van der Waals surface area contributed by atoms with Crippen molar-refractivity contribution in [3.8, 4) is 0 Å². The highest BCUT2D eigenvalue weighted by atomic mass is 28.4. The first kappa shape index (κ1) is 41.6. The van der Waals surface area contributed by atoms with Crippen molar-refractivity contribution < 1.29 is 36.1 Å². The van der Waals surface area contributed by atoms with Crippen LogP contribution in [0.5, 0.6) is 0 Å². The number of primary amides is 1. The summed E-state index contributed by atoms with van der Waals surface area (Å²) in [6.07, 6.45) is 3.53. The van der Waals surface area contributed by atoms with Gasteiger partial charge in [0, 0.05) is 71.1 Å². The molecule has 0 aliphatic heterocycles. The Labute approximate surface area is 235 Å². The van der Waals surface area contributed by atoms with Gasteiger partial charge in [-0.25, -0.2) is 0 Å². The first-order valence-corrected chi connectivity index (χ1v) is 17.8. The predicted octanol–water partition coefficient (Wildman–Crippen LogP) is 4.77. The van der Waals surface area contributed by atoms with Crippen molar-refractivity contribution in [2.24, 2.45) is 17.6 Å². The molecule has 0 fully saturated rings. The van der Waals surface area contributed by atoms with E-state index >= 15 is 0 Å². The molecule has 0 aromatic heterocycles. The minimum absolute atomic E-state index is 0.0417. The third-order valence-corrected chi connectivity index (χ3v) is 12.8. The highest BCUT2D eigenvalue weighted by Gasteiger charge is 2.43. The summed E-state index contributed by atoms with van der Waals surface area (Å²) < 4.78 is 33.2. The largest absolute Gasteiger partial charge is 0.503 e. The van der Waals surface area contributed by atoms with Crippen LogP contribution in [0.15, 0.2) is 0 Å². The fraction of sp³-hybridized carbons (Fsp3) is 0.923. The Balaban J connectivity index is -0.000000567. The molecule has 12 heteroatoms. The molecule has 38 heavy (non-hydrogen) atoms. The zero-order valence-corrected chi connectivity index (χ0v) is 28.4. The topological polar surface area (TPSA) is 128 Å². The smallest absolute Gasteiger partial charge is 0.377 e. The molecule has 3 unspecified atom stereocenters. The molecule has 0 saturated heterocycles. The molecule has 0 radical (unpaired) electrons. The van der Waals surface area contributed by atoms with E-state index in [1.54, 1.807) is 21.3 Å². The summed E-state index contributed by atoms with van der Waals surface area (Å²) in [5.74, 6) is 0.0224. The second-order valence-corrected chi connectivity index (χ2v) is 15.1. The van der Waals surface area contributed by atoms with E-state index in [4.69, 9.17) is 32.3 Å². The second-order valence-electron chi connectivity index (χ2n) is 8.92. The number of nitrogens with one attached hydrogen (secondary N) is 1. The number of hydrogen-bond acceptors (Lipinski definition) is 8. The molecule has 3 atom stereocenters. The van der Waals surface area contributed by atoms with Crippen LogP contribution in [-0.4, -0.2) is 77.1 Å². The van der Waals surface area contributed by atoms with Crippen molar-refractivity contribution in [2.45, 2.75) is 99.6 Å². The molecular weight excluding hydrogens is 524 g/mol. The third-order valence-electron chi connectivity index (χ3n) is 6.28. The lowest BCUT2D eigenvalue weighted by Crippen LogP contribution is -2.46. The number of carbonyl (C=O) groups is 2. The van der Waals surface area contributed by atoms with Gasteiger partial charge in [-0.1, -0.05) is 41.5 Å². The maximum absolute atomic E-state index is 11.7.